The van der Waals surface area contributed by atoms with Gasteiger partial charge in [0.25, 0.3) is 0 Å². The number of aliphatic carboxylic acids is 2. The number of ether oxygens (including phenoxy) is 1. The maximum absolute atomic E-state index is 10.6. The molecule has 3 heterocycles. The van der Waals surface area contributed by atoms with Gasteiger partial charge in [-0.3, -0.25) is 4.99 Å². The van der Waals surface area contributed by atoms with Crippen molar-refractivity contribution in [3.63, 3.8) is 0 Å². The number of amidine groups is 1. The van der Waals surface area contributed by atoms with E-state index in [1.54, 1.807) is 24.0 Å². The molecule has 0 bridgehead atoms. The lowest BCUT2D eigenvalue weighted by Gasteiger charge is -2.36. The van der Waals surface area contributed by atoms with Crippen LogP contribution in [0.1, 0.15) is 18.9 Å². The van der Waals surface area contributed by atoms with E-state index in [1.165, 1.54) is 0 Å². The fourth-order valence-electron chi connectivity index (χ4n) is 3.40. The number of hydrogen-bond donors (Lipinski definition) is 4. The first-order valence-corrected chi connectivity index (χ1v) is 12.0. The van der Waals surface area contributed by atoms with Gasteiger partial charge in [0.15, 0.2) is 5.17 Å². The van der Waals surface area contributed by atoms with Crippen LogP contribution < -0.4 is 15.8 Å². The summed E-state index contributed by atoms with van der Waals surface area (Å²) < 4.78 is 69.5. The Morgan fingerprint density at radius 2 is 1.74 bits per heavy atom. The Morgan fingerprint density at radius 3 is 2.28 bits per heavy atom. The molecule has 5 N–H and O–H groups in total. The molecule has 1 aromatic heterocycles. The average Bonchev–Trinajstić information content (AvgIpc) is 2.96. The monoisotopic (exact) mass is 602 g/mol. The molecule has 0 saturated carbocycles. The smallest absolute Gasteiger partial charge is 0.490 e. The highest BCUT2D eigenvalue weighted by molar-refractivity contribution is 8.13. The molecule has 0 fully saturated rings. The van der Waals surface area contributed by atoms with Gasteiger partial charge in [0.1, 0.15) is 11.6 Å². The van der Waals surface area contributed by atoms with Crippen LogP contribution in [0.3, 0.4) is 0 Å². The van der Waals surface area contributed by atoms with E-state index in [4.69, 9.17) is 46.9 Å². The van der Waals surface area contributed by atoms with Gasteiger partial charge in [0.2, 0.25) is 0 Å². The molecule has 2 aliphatic heterocycles. The Bertz CT molecular complexity index is 1210. The molecule has 0 amide bonds. The van der Waals surface area contributed by atoms with Crippen LogP contribution in [0.15, 0.2) is 41.5 Å². The number of nitrogens with one attached hydrogen (secondary N) is 1. The first-order valence-electron chi connectivity index (χ1n) is 10.7. The number of carbonyl (C=O) groups is 2. The standard InChI is InChI=1S/C18H19ClN4OS.2C2HF3O2/c1-18-11(10-25-17(20)23-18)6-8-24-15-5-4-12(9-13(15)18)22-16-14(19)3-2-7-21-16;2*3-2(4,5)1(6)7/h2-5,7,9,11H,6,8,10H2,1H3,(H2,20,23)(H,21,22);2*(H,6,7)/t11-,18+;;/m1../s1. The molecule has 0 radical (unpaired) electrons. The van der Waals surface area contributed by atoms with Gasteiger partial charge in [0, 0.05) is 29.1 Å². The average molecular weight is 603 g/mol. The molecule has 4 rings (SSSR count). The quantitative estimate of drug-likeness (QED) is 0.331. The molecule has 0 spiro atoms. The van der Waals surface area contributed by atoms with E-state index in [1.807, 2.05) is 18.2 Å². The van der Waals surface area contributed by atoms with Gasteiger partial charge in [0.05, 0.1) is 17.2 Å². The Kier molecular flexibility index (Phi) is 10.3. The molecule has 2 aliphatic rings. The van der Waals surface area contributed by atoms with Gasteiger partial charge in [-0.15, -0.1) is 0 Å². The number of pyridine rings is 1. The zero-order chi connectivity index (χ0) is 29.6. The van der Waals surface area contributed by atoms with E-state index >= 15 is 0 Å². The van der Waals surface area contributed by atoms with E-state index < -0.39 is 24.3 Å². The van der Waals surface area contributed by atoms with E-state index in [-0.39, 0.29) is 5.54 Å². The Morgan fingerprint density at radius 1 is 1.15 bits per heavy atom. The van der Waals surface area contributed by atoms with E-state index in [9.17, 15) is 26.3 Å². The summed E-state index contributed by atoms with van der Waals surface area (Å²) in [7, 11) is 0. The highest BCUT2D eigenvalue weighted by Crippen LogP contribution is 2.47. The third kappa shape index (κ3) is 8.81. The minimum absolute atomic E-state index is 0.382. The Hall–Kier alpha value is -3.40. The van der Waals surface area contributed by atoms with Crippen molar-refractivity contribution >= 4 is 52.0 Å². The largest absolute Gasteiger partial charge is 0.493 e. The SMILES string of the molecule is C[C@]12N=C(N)SC[C@H]1CCOc1ccc(Nc3ncccc3Cl)cc12.O=C(O)C(F)(F)F.O=C(O)C(F)(F)F. The minimum atomic E-state index is -5.08. The number of nitrogens with zero attached hydrogens (tertiary/aromatic N) is 2. The number of alkyl halides is 6. The van der Waals surface area contributed by atoms with Crippen molar-refractivity contribution in [3.8, 4) is 5.75 Å². The van der Waals surface area contributed by atoms with Crippen LogP contribution in [0.4, 0.5) is 37.8 Å². The van der Waals surface area contributed by atoms with Crippen molar-refractivity contribution in [3.05, 3.63) is 47.1 Å². The molecule has 0 aliphatic carbocycles. The molecule has 1 aromatic carbocycles. The Balaban J connectivity index is 0.000000317. The summed E-state index contributed by atoms with van der Waals surface area (Å²) in [4.78, 5) is 26.9. The number of aliphatic imine (C=N–C) groups is 1. The lowest BCUT2D eigenvalue weighted by atomic mass is 9.79. The number of anilines is 2. The second kappa shape index (κ2) is 12.6. The van der Waals surface area contributed by atoms with Crippen LogP contribution >= 0.6 is 23.4 Å². The number of carboxylic acid groups (broad SMARTS) is 2. The van der Waals surface area contributed by atoms with E-state index in [0.717, 1.165) is 29.2 Å². The maximum atomic E-state index is 10.6. The second-order valence-corrected chi connectivity index (χ2v) is 9.47. The first-order chi connectivity index (χ1) is 17.9. The zero-order valence-electron chi connectivity index (χ0n) is 19.8. The van der Waals surface area contributed by atoms with Crippen LogP contribution in [0, 0.1) is 5.92 Å². The van der Waals surface area contributed by atoms with Crippen LogP contribution in [0.2, 0.25) is 5.02 Å². The van der Waals surface area contributed by atoms with Crippen molar-refractivity contribution in [2.24, 2.45) is 16.6 Å². The number of thioether (sulfide) groups is 1. The van der Waals surface area contributed by atoms with Gasteiger partial charge in [-0.1, -0.05) is 23.4 Å². The number of benzene rings is 1. The Labute approximate surface area is 226 Å². The van der Waals surface area contributed by atoms with Crippen LogP contribution in [-0.2, 0) is 15.1 Å². The summed E-state index contributed by atoms with van der Waals surface area (Å²) in [6, 6.07) is 9.64. The van der Waals surface area contributed by atoms with Crippen molar-refractivity contribution in [1.29, 1.82) is 0 Å². The summed E-state index contributed by atoms with van der Waals surface area (Å²) in [5.41, 5.74) is 7.61. The number of halogens is 7. The molecule has 0 unspecified atom stereocenters. The van der Waals surface area contributed by atoms with Crippen molar-refractivity contribution in [2.45, 2.75) is 31.2 Å². The van der Waals surface area contributed by atoms with Gasteiger partial charge >= 0.3 is 24.3 Å². The summed E-state index contributed by atoms with van der Waals surface area (Å²) >= 11 is 7.83. The highest BCUT2D eigenvalue weighted by atomic mass is 35.5. The molecule has 0 saturated heterocycles. The predicted octanol–water partition coefficient (Wildman–Crippen LogP) is 5.42. The number of carboxylic acids is 2. The fraction of sp³-hybridized carbons (Fsp3) is 0.364. The van der Waals surface area contributed by atoms with Gasteiger partial charge in [-0.2, -0.15) is 26.3 Å². The molecule has 9 nitrogen and oxygen atoms in total. The summed E-state index contributed by atoms with van der Waals surface area (Å²) in [6.45, 7) is 2.84. The van der Waals surface area contributed by atoms with E-state index in [0.29, 0.717) is 28.5 Å². The number of hydrogen-bond acceptors (Lipinski definition) is 8. The van der Waals surface area contributed by atoms with E-state index in [2.05, 4.69) is 23.3 Å². The molecule has 2 atom stereocenters. The molecule has 17 heteroatoms. The normalized spacial score (nSPS) is 20.1. The zero-order valence-corrected chi connectivity index (χ0v) is 21.4. The number of aromatic nitrogens is 1. The van der Waals surface area contributed by atoms with Crippen molar-refractivity contribution in [2.75, 3.05) is 17.7 Å². The molecular formula is C22H21ClF6N4O5S. The van der Waals surface area contributed by atoms with Crippen LogP contribution in [0.25, 0.3) is 0 Å². The summed E-state index contributed by atoms with van der Waals surface area (Å²) in [5.74, 6) is -2.67. The topological polar surface area (TPSA) is 147 Å². The van der Waals surface area contributed by atoms with Crippen molar-refractivity contribution < 1.29 is 50.9 Å². The molecule has 214 valence electrons. The van der Waals surface area contributed by atoms with Crippen molar-refractivity contribution in [1.82, 2.24) is 4.98 Å². The highest BCUT2D eigenvalue weighted by Gasteiger charge is 2.43. The third-order valence-corrected chi connectivity index (χ3v) is 6.59. The third-order valence-electron chi connectivity index (χ3n) is 5.32. The number of fused-ring (bicyclic) bond motifs is 3. The second-order valence-electron chi connectivity index (χ2n) is 8.02. The molecule has 2 aromatic rings. The summed E-state index contributed by atoms with van der Waals surface area (Å²) in [6.07, 6.45) is -7.49. The summed E-state index contributed by atoms with van der Waals surface area (Å²) in [5, 5.41) is 18.7. The molecule has 39 heavy (non-hydrogen) atoms. The minimum Gasteiger partial charge on any atom is -0.493 e. The van der Waals surface area contributed by atoms with Gasteiger partial charge in [-0.05, 0) is 43.7 Å². The predicted molar refractivity (Wildman–Crippen MR) is 131 cm³/mol. The number of nitrogens with two attached hydrogens (primary N) is 1. The van der Waals surface area contributed by atoms with Gasteiger partial charge < -0.3 is 26.0 Å². The van der Waals surface area contributed by atoms with Gasteiger partial charge in [-0.25, -0.2) is 14.6 Å². The number of rotatable bonds is 2. The maximum Gasteiger partial charge on any atom is 0.490 e. The first kappa shape index (κ1) is 31.8. The fourth-order valence-corrected chi connectivity index (χ4v) is 4.69. The van der Waals surface area contributed by atoms with Crippen LogP contribution in [0.5, 0.6) is 5.75 Å². The van der Waals surface area contributed by atoms with Crippen LogP contribution in [-0.4, -0.2) is 57.0 Å². The molecular weight excluding hydrogens is 582 g/mol. The lowest BCUT2D eigenvalue weighted by molar-refractivity contribution is -0.193. The lowest BCUT2D eigenvalue weighted by Crippen LogP contribution is -2.37.